The summed E-state index contributed by atoms with van der Waals surface area (Å²) in [6, 6.07) is 5.89. The van der Waals surface area contributed by atoms with Crippen molar-refractivity contribution >= 4 is 33.4 Å². The van der Waals surface area contributed by atoms with E-state index in [-0.39, 0.29) is 16.9 Å². The van der Waals surface area contributed by atoms with E-state index in [1.54, 1.807) is 11.8 Å². The van der Waals surface area contributed by atoms with Crippen LogP contribution in [0.3, 0.4) is 0 Å². The maximum absolute atomic E-state index is 11.7. The van der Waals surface area contributed by atoms with Gasteiger partial charge in [-0.15, -0.1) is 11.8 Å². The first kappa shape index (κ1) is 17.3. The van der Waals surface area contributed by atoms with Gasteiger partial charge in [0.1, 0.15) is 0 Å². The molecule has 1 aromatic rings. The Morgan fingerprint density at radius 2 is 2.14 bits per heavy atom. The zero-order valence-corrected chi connectivity index (χ0v) is 14.5. The van der Waals surface area contributed by atoms with Crippen LogP contribution >= 0.6 is 11.8 Å². The monoisotopic (exact) mass is 342 g/mol. The molecule has 0 fully saturated rings. The topological polar surface area (TPSA) is 75.3 Å². The number of amides is 1. The van der Waals surface area contributed by atoms with Crippen LogP contribution in [0.25, 0.3) is 0 Å². The Hall–Kier alpha value is -1.05. The van der Waals surface area contributed by atoms with E-state index in [1.807, 2.05) is 32.0 Å². The number of carbonyl (C=O) groups excluding carboxylic acids is 1. The number of sulfonamides is 1. The van der Waals surface area contributed by atoms with Crippen LogP contribution in [-0.4, -0.2) is 31.9 Å². The average Bonchev–Trinajstić information content (AvgIpc) is 2.46. The van der Waals surface area contributed by atoms with Gasteiger partial charge < -0.3 is 5.32 Å². The number of carbonyl (C=O) groups is 1. The van der Waals surface area contributed by atoms with Gasteiger partial charge in [-0.3, -0.25) is 4.79 Å². The first-order valence-electron chi connectivity index (χ1n) is 7.49. The molecular formula is C15H22N2O3S2. The van der Waals surface area contributed by atoms with Crippen LogP contribution in [0, 0.1) is 0 Å². The highest BCUT2D eigenvalue weighted by molar-refractivity contribution is 8.01. The van der Waals surface area contributed by atoms with Crippen LogP contribution in [0.1, 0.15) is 32.3 Å². The molecule has 1 atom stereocenters. The second-order valence-electron chi connectivity index (χ2n) is 5.40. The minimum Gasteiger partial charge on any atom is -0.324 e. The molecule has 5 nitrogen and oxygen atoms in total. The van der Waals surface area contributed by atoms with Gasteiger partial charge in [0.15, 0.2) is 0 Å². The predicted octanol–water partition coefficient (Wildman–Crippen LogP) is 2.38. The van der Waals surface area contributed by atoms with Crippen LogP contribution in [0.15, 0.2) is 23.1 Å². The molecule has 1 aromatic carbocycles. The molecule has 0 radical (unpaired) electrons. The van der Waals surface area contributed by atoms with E-state index >= 15 is 0 Å². The quantitative estimate of drug-likeness (QED) is 0.798. The molecule has 0 aromatic heterocycles. The number of anilines is 1. The first-order chi connectivity index (χ1) is 10.4. The van der Waals surface area contributed by atoms with Crippen molar-refractivity contribution in [2.75, 3.05) is 17.6 Å². The van der Waals surface area contributed by atoms with Gasteiger partial charge in [-0.05, 0) is 37.5 Å². The fourth-order valence-corrected chi connectivity index (χ4v) is 4.33. The molecule has 2 N–H and O–H groups in total. The van der Waals surface area contributed by atoms with E-state index in [0.717, 1.165) is 22.6 Å². The lowest BCUT2D eigenvalue weighted by Crippen LogP contribution is -2.28. The number of thioether (sulfide) groups is 1. The summed E-state index contributed by atoms with van der Waals surface area (Å²) in [5, 5.41) is 2.81. The Morgan fingerprint density at radius 3 is 2.86 bits per heavy atom. The molecule has 2 rings (SSSR count). The van der Waals surface area contributed by atoms with Crippen molar-refractivity contribution in [3.8, 4) is 0 Å². The van der Waals surface area contributed by atoms with Crippen molar-refractivity contribution in [3.05, 3.63) is 23.8 Å². The molecule has 1 heterocycles. The van der Waals surface area contributed by atoms with Gasteiger partial charge in [0.2, 0.25) is 15.9 Å². The Bertz CT molecular complexity index is 644. The van der Waals surface area contributed by atoms with Crippen LogP contribution in [-0.2, 0) is 21.2 Å². The van der Waals surface area contributed by atoms with E-state index < -0.39 is 10.0 Å². The number of unbranched alkanes of at least 4 members (excludes halogenated alkanes) is 1. The molecule has 1 aliphatic rings. The Balaban J connectivity index is 1.92. The number of rotatable bonds is 7. The zero-order chi connectivity index (χ0) is 16.2. The van der Waals surface area contributed by atoms with Crippen molar-refractivity contribution in [3.63, 3.8) is 0 Å². The lowest BCUT2D eigenvalue weighted by atomic mass is 10.1. The highest BCUT2D eigenvalue weighted by Gasteiger charge is 2.22. The molecule has 1 unspecified atom stereocenters. The van der Waals surface area contributed by atoms with Gasteiger partial charge in [0.05, 0.1) is 16.7 Å². The minimum atomic E-state index is -3.17. The molecule has 1 amide bonds. The minimum absolute atomic E-state index is 0.00918. The number of hydrogen-bond donors (Lipinski definition) is 2. The van der Waals surface area contributed by atoms with Gasteiger partial charge >= 0.3 is 0 Å². The van der Waals surface area contributed by atoms with Crippen molar-refractivity contribution in [1.82, 2.24) is 4.72 Å². The molecular weight excluding hydrogens is 320 g/mol. The molecule has 0 saturated heterocycles. The van der Waals surface area contributed by atoms with E-state index in [4.69, 9.17) is 0 Å². The third kappa shape index (κ3) is 4.72. The number of nitrogens with one attached hydrogen (secondary N) is 2. The summed E-state index contributed by atoms with van der Waals surface area (Å²) >= 11 is 1.54. The third-order valence-corrected chi connectivity index (χ3v) is 6.12. The van der Waals surface area contributed by atoms with Crippen LogP contribution in [0.2, 0.25) is 0 Å². The van der Waals surface area contributed by atoms with Gasteiger partial charge in [-0.1, -0.05) is 19.4 Å². The number of fused-ring (bicyclic) bond motifs is 1. The van der Waals surface area contributed by atoms with E-state index in [0.29, 0.717) is 19.4 Å². The third-order valence-electron chi connectivity index (χ3n) is 3.48. The fourth-order valence-electron chi connectivity index (χ4n) is 2.17. The molecule has 0 bridgehead atoms. The summed E-state index contributed by atoms with van der Waals surface area (Å²) in [7, 11) is -3.17. The van der Waals surface area contributed by atoms with Crippen molar-refractivity contribution in [2.45, 2.75) is 43.3 Å². The molecule has 0 spiro atoms. The number of hydrogen-bond acceptors (Lipinski definition) is 4. The first-order valence-corrected chi connectivity index (χ1v) is 10.0. The molecule has 0 aliphatic carbocycles. The molecule has 0 saturated carbocycles. The maximum Gasteiger partial charge on any atom is 0.237 e. The number of benzene rings is 1. The van der Waals surface area contributed by atoms with Crippen LogP contribution < -0.4 is 10.0 Å². The van der Waals surface area contributed by atoms with Crippen LogP contribution in [0.4, 0.5) is 5.69 Å². The van der Waals surface area contributed by atoms with Gasteiger partial charge in [0, 0.05) is 11.4 Å². The summed E-state index contributed by atoms with van der Waals surface area (Å²) in [5.41, 5.74) is 1.83. The molecule has 122 valence electrons. The largest absolute Gasteiger partial charge is 0.324 e. The summed E-state index contributed by atoms with van der Waals surface area (Å²) in [4.78, 5) is 12.7. The standard InChI is InChI=1S/C15H22N2O3S2/c1-3-4-9-22(19,20)16-8-7-12-5-6-14-13(10-12)17-15(18)11(2)21-14/h5-6,10-11,16H,3-4,7-9H2,1-2H3,(H,17,18). The SMILES string of the molecule is CCCCS(=O)(=O)NCCc1ccc2c(c1)NC(=O)C(C)S2. The second-order valence-corrected chi connectivity index (χ2v) is 8.71. The van der Waals surface area contributed by atoms with Gasteiger partial charge in [-0.25, -0.2) is 13.1 Å². The summed E-state index contributed by atoms with van der Waals surface area (Å²) in [6.07, 6.45) is 2.14. The lowest BCUT2D eigenvalue weighted by Gasteiger charge is -2.21. The van der Waals surface area contributed by atoms with E-state index in [9.17, 15) is 13.2 Å². The maximum atomic E-state index is 11.7. The fraction of sp³-hybridized carbons (Fsp3) is 0.533. The second kappa shape index (κ2) is 7.48. The Labute approximate surface area is 136 Å². The van der Waals surface area contributed by atoms with Gasteiger partial charge in [-0.2, -0.15) is 0 Å². The van der Waals surface area contributed by atoms with E-state index in [1.165, 1.54) is 0 Å². The van der Waals surface area contributed by atoms with Crippen molar-refractivity contribution < 1.29 is 13.2 Å². The van der Waals surface area contributed by atoms with Crippen molar-refractivity contribution in [1.29, 1.82) is 0 Å². The molecule has 1 aliphatic heterocycles. The summed E-state index contributed by atoms with van der Waals surface area (Å²) < 4.78 is 26.1. The van der Waals surface area contributed by atoms with Gasteiger partial charge in [0.25, 0.3) is 0 Å². The normalized spacial score (nSPS) is 17.9. The van der Waals surface area contributed by atoms with Crippen LogP contribution in [0.5, 0.6) is 0 Å². The summed E-state index contributed by atoms with van der Waals surface area (Å²) in [6.45, 7) is 4.22. The summed E-state index contributed by atoms with van der Waals surface area (Å²) in [5.74, 6) is 0.188. The smallest absolute Gasteiger partial charge is 0.237 e. The van der Waals surface area contributed by atoms with Crippen molar-refractivity contribution in [2.24, 2.45) is 0 Å². The zero-order valence-electron chi connectivity index (χ0n) is 12.9. The predicted molar refractivity (Wildman–Crippen MR) is 90.8 cm³/mol. The Kier molecular flexibility index (Phi) is 5.88. The molecule has 7 heteroatoms. The molecule has 22 heavy (non-hydrogen) atoms. The lowest BCUT2D eigenvalue weighted by molar-refractivity contribution is -0.115. The highest BCUT2D eigenvalue weighted by atomic mass is 32.2. The highest BCUT2D eigenvalue weighted by Crippen LogP contribution is 2.35. The van der Waals surface area contributed by atoms with E-state index in [2.05, 4.69) is 10.0 Å². The Morgan fingerprint density at radius 1 is 1.36 bits per heavy atom. The average molecular weight is 342 g/mol.